The number of rotatable bonds is 5. The molecule has 0 saturated heterocycles. The number of carbonyl (C=O) groups excluding carboxylic acids is 1. The summed E-state index contributed by atoms with van der Waals surface area (Å²) in [6, 6.07) is 9.31. The predicted octanol–water partition coefficient (Wildman–Crippen LogP) is 2.34. The van der Waals surface area contributed by atoms with Gasteiger partial charge in [-0.15, -0.1) is 0 Å². The summed E-state index contributed by atoms with van der Waals surface area (Å²) in [7, 11) is -3.55. The lowest BCUT2D eigenvalue weighted by atomic mass is 10.1. The summed E-state index contributed by atoms with van der Waals surface area (Å²) >= 11 is 0. The number of amides is 1. The molecule has 0 atom stereocenters. The van der Waals surface area contributed by atoms with Crippen LogP contribution in [-0.2, 0) is 16.3 Å². The SMILES string of the molecule is CS(=O)(=O)c1ccccc1C(=O)NCCc1c(F)cccc1F. The Kier molecular flexibility index (Phi) is 5.10. The molecule has 7 heteroatoms. The highest BCUT2D eigenvalue weighted by molar-refractivity contribution is 7.90. The van der Waals surface area contributed by atoms with Crippen LogP contribution in [-0.4, -0.2) is 27.1 Å². The summed E-state index contributed by atoms with van der Waals surface area (Å²) in [6.07, 6.45) is 0.971. The molecule has 0 radical (unpaired) electrons. The van der Waals surface area contributed by atoms with Crippen molar-refractivity contribution < 1.29 is 22.0 Å². The predicted molar refractivity (Wildman–Crippen MR) is 81.9 cm³/mol. The molecular weight excluding hydrogens is 324 g/mol. The van der Waals surface area contributed by atoms with E-state index in [2.05, 4.69) is 5.32 Å². The highest BCUT2D eigenvalue weighted by Gasteiger charge is 2.18. The molecule has 0 saturated carbocycles. The number of nitrogens with one attached hydrogen (secondary N) is 1. The minimum atomic E-state index is -3.55. The lowest BCUT2D eigenvalue weighted by Crippen LogP contribution is -2.27. The van der Waals surface area contributed by atoms with Gasteiger partial charge in [-0.25, -0.2) is 17.2 Å². The Morgan fingerprint density at radius 1 is 1.04 bits per heavy atom. The lowest BCUT2D eigenvalue weighted by molar-refractivity contribution is 0.0950. The van der Waals surface area contributed by atoms with Crippen molar-refractivity contribution in [1.82, 2.24) is 5.32 Å². The van der Waals surface area contributed by atoms with Crippen LogP contribution >= 0.6 is 0 Å². The van der Waals surface area contributed by atoms with E-state index in [9.17, 15) is 22.0 Å². The van der Waals surface area contributed by atoms with Gasteiger partial charge in [0.05, 0.1) is 10.5 Å². The van der Waals surface area contributed by atoms with Crippen LogP contribution in [0.1, 0.15) is 15.9 Å². The fourth-order valence-electron chi connectivity index (χ4n) is 2.14. The van der Waals surface area contributed by atoms with Crippen molar-refractivity contribution in [2.24, 2.45) is 0 Å². The summed E-state index contributed by atoms with van der Waals surface area (Å²) in [5, 5.41) is 2.48. The number of hydrogen-bond donors (Lipinski definition) is 1. The van der Waals surface area contributed by atoms with Crippen LogP contribution in [0.25, 0.3) is 0 Å². The maximum absolute atomic E-state index is 13.5. The third kappa shape index (κ3) is 4.13. The van der Waals surface area contributed by atoms with Gasteiger partial charge in [0.25, 0.3) is 5.91 Å². The summed E-state index contributed by atoms with van der Waals surface area (Å²) in [5.41, 5.74) is -0.117. The molecular formula is C16H15F2NO3S. The number of halogens is 2. The topological polar surface area (TPSA) is 63.2 Å². The van der Waals surface area contributed by atoms with Crippen molar-refractivity contribution in [3.63, 3.8) is 0 Å². The molecule has 0 aliphatic carbocycles. The monoisotopic (exact) mass is 339 g/mol. The standard InChI is InChI=1S/C16H15F2NO3S/c1-23(21,22)15-8-3-2-5-12(15)16(20)19-10-9-11-13(17)6-4-7-14(11)18/h2-8H,9-10H2,1H3,(H,19,20). The van der Waals surface area contributed by atoms with E-state index in [-0.39, 0.29) is 29.0 Å². The van der Waals surface area contributed by atoms with Crippen molar-refractivity contribution in [3.05, 3.63) is 65.2 Å². The van der Waals surface area contributed by atoms with E-state index in [0.29, 0.717) is 0 Å². The zero-order chi connectivity index (χ0) is 17.0. The molecule has 0 spiro atoms. The highest BCUT2D eigenvalue weighted by atomic mass is 32.2. The molecule has 0 bridgehead atoms. The van der Waals surface area contributed by atoms with E-state index in [1.807, 2.05) is 0 Å². The van der Waals surface area contributed by atoms with E-state index < -0.39 is 27.4 Å². The third-order valence-corrected chi connectivity index (χ3v) is 4.41. The first kappa shape index (κ1) is 17.1. The fraction of sp³-hybridized carbons (Fsp3) is 0.188. The van der Waals surface area contributed by atoms with Crippen LogP contribution in [0, 0.1) is 11.6 Å². The molecule has 0 heterocycles. The van der Waals surface area contributed by atoms with Gasteiger partial charge in [0.1, 0.15) is 11.6 Å². The molecule has 0 unspecified atom stereocenters. The first-order valence-corrected chi connectivity index (χ1v) is 8.70. The summed E-state index contributed by atoms with van der Waals surface area (Å²) in [5.74, 6) is -1.98. The minimum Gasteiger partial charge on any atom is -0.352 e. The molecule has 2 rings (SSSR count). The van der Waals surface area contributed by atoms with Crippen molar-refractivity contribution in [2.45, 2.75) is 11.3 Å². The summed E-state index contributed by atoms with van der Waals surface area (Å²) in [6.45, 7) is -0.0191. The number of hydrogen-bond acceptors (Lipinski definition) is 3. The van der Waals surface area contributed by atoms with Gasteiger partial charge >= 0.3 is 0 Å². The molecule has 1 N–H and O–H groups in total. The Morgan fingerprint density at radius 3 is 2.26 bits per heavy atom. The molecule has 122 valence electrons. The van der Waals surface area contributed by atoms with Gasteiger partial charge in [-0.05, 0) is 30.7 Å². The number of carbonyl (C=O) groups is 1. The smallest absolute Gasteiger partial charge is 0.252 e. The van der Waals surface area contributed by atoms with Crippen molar-refractivity contribution in [2.75, 3.05) is 12.8 Å². The zero-order valence-corrected chi connectivity index (χ0v) is 13.2. The number of sulfone groups is 1. The second-order valence-corrected chi connectivity index (χ2v) is 6.96. The van der Waals surface area contributed by atoms with Gasteiger partial charge in [-0.1, -0.05) is 18.2 Å². The first-order valence-electron chi connectivity index (χ1n) is 6.81. The molecule has 0 aliphatic heterocycles. The Hall–Kier alpha value is -2.28. The molecule has 2 aromatic carbocycles. The highest BCUT2D eigenvalue weighted by Crippen LogP contribution is 2.15. The van der Waals surface area contributed by atoms with Gasteiger partial charge in [0.2, 0.25) is 0 Å². The average molecular weight is 339 g/mol. The maximum atomic E-state index is 13.5. The fourth-order valence-corrected chi connectivity index (χ4v) is 3.03. The molecule has 1 amide bonds. The van der Waals surface area contributed by atoms with E-state index in [1.54, 1.807) is 6.07 Å². The van der Waals surface area contributed by atoms with Crippen molar-refractivity contribution in [3.8, 4) is 0 Å². The van der Waals surface area contributed by atoms with Crippen molar-refractivity contribution in [1.29, 1.82) is 0 Å². The van der Waals surface area contributed by atoms with E-state index in [4.69, 9.17) is 0 Å². The molecule has 0 fully saturated rings. The lowest BCUT2D eigenvalue weighted by Gasteiger charge is -2.09. The minimum absolute atomic E-state index is 0.00371. The van der Waals surface area contributed by atoms with Crippen LogP contribution in [0.15, 0.2) is 47.4 Å². The van der Waals surface area contributed by atoms with Crippen LogP contribution < -0.4 is 5.32 Å². The van der Waals surface area contributed by atoms with Gasteiger partial charge in [0.15, 0.2) is 9.84 Å². The molecule has 23 heavy (non-hydrogen) atoms. The first-order chi connectivity index (χ1) is 10.8. The van der Waals surface area contributed by atoms with E-state index in [0.717, 1.165) is 18.4 Å². The Bertz CT molecular complexity index is 815. The van der Waals surface area contributed by atoms with Gasteiger partial charge in [0, 0.05) is 18.4 Å². The largest absolute Gasteiger partial charge is 0.352 e. The normalized spacial score (nSPS) is 11.3. The van der Waals surface area contributed by atoms with Crippen LogP contribution in [0.5, 0.6) is 0 Å². The van der Waals surface area contributed by atoms with Gasteiger partial charge in [-0.3, -0.25) is 4.79 Å². The third-order valence-electron chi connectivity index (χ3n) is 3.25. The summed E-state index contributed by atoms with van der Waals surface area (Å²) in [4.78, 5) is 12.0. The second-order valence-electron chi connectivity index (χ2n) is 4.97. The van der Waals surface area contributed by atoms with E-state index >= 15 is 0 Å². The van der Waals surface area contributed by atoms with Gasteiger partial charge in [-0.2, -0.15) is 0 Å². The summed E-state index contributed by atoms with van der Waals surface area (Å²) < 4.78 is 50.3. The molecule has 0 aromatic heterocycles. The van der Waals surface area contributed by atoms with Gasteiger partial charge < -0.3 is 5.32 Å². The maximum Gasteiger partial charge on any atom is 0.252 e. The second kappa shape index (κ2) is 6.87. The van der Waals surface area contributed by atoms with Crippen LogP contribution in [0.2, 0.25) is 0 Å². The van der Waals surface area contributed by atoms with Crippen LogP contribution in [0.3, 0.4) is 0 Å². The molecule has 2 aromatic rings. The Morgan fingerprint density at radius 2 is 1.65 bits per heavy atom. The van der Waals surface area contributed by atoms with Crippen molar-refractivity contribution >= 4 is 15.7 Å². The molecule has 4 nitrogen and oxygen atoms in total. The Labute approximate surface area is 133 Å². The quantitative estimate of drug-likeness (QED) is 0.909. The van der Waals surface area contributed by atoms with E-state index in [1.165, 1.54) is 24.3 Å². The zero-order valence-electron chi connectivity index (χ0n) is 12.3. The Balaban J connectivity index is 2.10. The van der Waals surface area contributed by atoms with Crippen LogP contribution in [0.4, 0.5) is 8.78 Å². The average Bonchev–Trinajstić information content (AvgIpc) is 2.49. The molecule has 0 aliphatic rings. The number of benzene rings is 2.